The lowest BCUT2D eigenvalue weighted by Gasteiger charge is -2.18. The fourth-order valence-corrected chi connectivity index (χ4v) is 2.46. The normalized spacial score (nSPS) is 12.2. The first-order chi connectivity index (χ1) is 10.0. The molecule has 0 aliphatic rings. The molecule has 1 heterocycles. The fraction of sp³-hybridized carbons (Fsp3) is 0.529. The number of aromatic nitrogens is 1. The van der Waals surface area contributed by atoms with Gasteiger partial charge in [-0.2, -0.15) is 0 Å². The van der Waals surface area contributed by atoms with Crippen molar-refractivity contribution >= 4 is 10.9 Å². The van der Waals surface area contributed by atoms with E-state index in [1.807, 2.05) is 13.8 Å². The van der Waals surface area contributed by atoms with Gasteiger partial charge in [-0.3, -0.25) is 0 Å². The maximum atomic E-state index is 9.92. The van der Waals surface area contributed by atoms with Crippen molar-refractivity contribution in [3.8, 4) is 0 Å². The van der Waals surface area contributed by atoms with Gasteiger partial charge >= 0.3 is 0 Å². The highest BCUT2D eigenvalue weighted by molar-refractivity contribution is 5.83. The summed E-state index contributed by atoms with van der Waals surface area (Å²) in [5, 5.41) is 14.6. The zero-order valence-electron chi connectivity index (χ0n) is 13.2. The molecule has 2 rings (SSSR count). The van der Waals surface area contributed by atoms with Crippen LogP contribution in [0.5, 0.6) is 0 Å². The highest BCUT2D eigenvalue weighted by Gasteiger charge is 2.13. The molecule has 4 nitrogen and oxygen atoms in total. The summed E-state index contributed by atoms with van der Waals surface area (Å²) in [5.74, 6) is 0. The SMILES string of the molecule is COCCNCc1cccc2ccn(CCC(C)(C)O)c12. The Morgan fingerprint density at radius 3 is 2.81 bits per heavy atom. The van der Waals surface area contributed by atoms with Crippen LogP contribution >= 0.6 is 0 Å². The number of benzene rings is 1. The van der Waals surface area contributed by atoms with Crippen molar-refractivity contribution < 1.29 is 9.84 Å². The average Bonchev–Trinajstić information content (AvgIpc) is 2.84. The molecule has 1 aromatic carbocycles. The van der Waals surface area contributed by atoms with Crippen LogP contribution in [0.4, 0.5) is 0 Å². The Balaban J connectivity index is 2.15. The second kappa shape index (κ2) is 7.07. The van der Waals surface area contributed by atoms with E-state index >= 15 is 0 Å². The number of nitrogens with zero attached hydrogens (tertiary/aromatic N) is 1. The van der Waals surface area contributed by atoms with E-state index in [0.29, 0.717) is 0 Å². The quantitative estimate of drug-likeness (QED) is 0.734. The molecular weight excluding hydrogens is 264 g/mol. The largest absolute Gasteiger partial charge is 0.390 e. The third kappa shape index (κ3) is 4.56. The summed E-state index contributed by atoms with van der Waals surface area (Å²) in [6, 6.07) is 8.52. The molecule has 2 aromatic rings. The molecule has 0 bridgehead atoms. The van der Waals surface area contributed by atoms with E-state index in [9.17, 15) is 5.11 Å². The van der Waals surface area contributed by atoms with Gasteiger partial charge in [0, 0.05) is 32.9 Å². The second-order valence-corrected chi connectivity index (χ2v) is 6.10. The molecule has 0 aliphatic heterocycles. The number of hydrogen-bond acceptors (Lipinski definition) is 3. The van der Waals surface area contributed by atoms with Crippen LogP contribution in [0.2, 0.25) is 0 Å². The minimum atomic E-state index is -0.637. The summed E-state index contributed by atoms with van der Waals surface area (Å²) in [7, 11) is 1.71. The van der Waals surface area contributed by atoms with Gasteiger partial charge in [0.05, 0.1) is 17.7 Å². The Morgan fingerprint density at radius 2 is 2.10 bits per heavy atom. The third-order valence-corrected chi connectivity index (χ3v) is 3.63. The number of rotatable bonds is 8. The highest BCUT2D eigenvalue weighted by atomic mass is 16.5. The Hall–Kier alpha value is -1.36. The van der Waals surface area contributed by atoms with E-state index in [0.717, 1.165) is 32.7 Å². The number of ether oxygens (including phenoxy) is 1. The predicted molar refractivity (Wildman–Crippen MR) is 86.4 cm³/mol. The van der Waals surface area contributed by atoms with Gasteiger partial charge in [0.1, 0.15) is 0 Å². The van der Waals surface area contributed by atoms with Crippen LogP contribution in [-0.2, 0) is 17.8 Å². The van der Waals surface area contributed by atoms with Crippen LogP contribution < -0.4 is 5.32 Å². The van der Waals surface area contributed by atoms with Gasteiger partial charge in [-0.15, -0.1) is 0 Å². The standard InChI is InChI=1S/C17H26N2O2/c1-17(2,20)8-11-19-10-7-14-5-4-6-15(16(14)19)13-18-9-12-21-3/h4-7,10,18,20H,8-9,11-13H2,1-3H3. The molecule has 0 saturated heterocycles. The van der Waals surface area contributed by atoms with Crippen LogP contribution in [0.25, 0.3) is 10.9 Å². The fourth-order valence-electron chi connectivity index (χ4n) is 2.46. The lowest BCUT2D eigenvalue weighted by atomic mass is 10.1. The van der Waals surface area contributed by atoms with Crippen molar-refractivity contribution in [1.29, 1.82) is 0 Å². The molecule has 0 fully saturated rings. The van der Waals surface area contributed by atoms with Crippen molar-refractivity contribution in [2.45, 2.75) is 39.0 Å². The number of aliphatic hydroxyl groups is 1. The molecular formula is C17H26N2O2. The summed E-state index contributed by atoms with van der Waals surface area (Å²) >= 11 is 0. The molecule has 2 N–H and O–H groups in total. The summed E-state index contributed by atoms with van der Waals surface area (Å²) in [6.45, 7) is 6.92. The van der Waals surface area contributed by atoms with Gasteiger partial charge in [0.25, 0.3) is 0 Å². The number of fused-ring (bicyclic) bond motifs is 1. The summed E-state index contributed by atoms with van der Waals surface area (Å²) in [6.07, 6.45) is 2.84. The monoisotopic (exact) mass is 290 g/mol. The van der Waals surface area contributed by atoms with Crippen molar-refractivity contribution in [2.75, 3.05) is 20.3 Å². The maximum absolute atomic E-state index is 9.92. The van der Waals surface area contributed by atoms with E-state index in [2.05, 4.69) is 40.3 Å². The Labute approximate surface area is 126 Å². The Morgan fingerprint density at radius 1 is 1.29 bits per heavy atom. The zero-order chi connectivity index (χ0) is 15.3. The number of aryl methyl sites for hydroxylation is 1. The van der Waals surface area contributed by atoms with Gasteiger partial charge in [-0.25, -0.2) is 0 Å². The first-order valence-electron chi connectivity index (χ1n) is 7.50. The van der Waals surface area contributed by atoms with Gasteiger partial charge in [0.15, 0.2) is 0 Å². The highest BCUT2D eigenvalue weighted by Crippen LogP contribution is 2.22. The molecule has 4 heteroatoms. The number of hydrogen-bond donors (Lipinski definition) is 2. The van der Waals surface area contributed by atoms with Crippen LogP contribution in [0.15, 0.2) is 30.5 Å². The van der Waals surface area contributed by atoms with Crippen molar-refractivity contribution in [3.63, 3.8) is 0 Å². The van der Waals surface area contributed by atoms with E-state index < -0.39 is 5.60 Å². The predicted octanol–water partition coefficient (Wildman–Crippen LogP) is 2.54. The van der Waals surface area contributed by atoms with Gasteiger partial charge in [0.2, 0.25) is 0 Å². The van der Waals surface area contributed by atoms with Crippen LogP contribution in [-0.4, -0.2) is 35.5 Å². The smallest absolute Gasteiger partial charge is 0.0608 e. The molecule has 0 unspecified atom stereocenters. The third-order valence-electron chi connectivity index (χ3n) is 3.63. The Kier molecular flexibility index (Phi) is 5.39. The zero-order valence-corrected chi connectivity index (χ0v) is 13.2. The summed E-state index contributed by atoms with van der Waals surface area (Å²) < 4.78 is 7.29. The first kappa shape index (κ1) is 16.0. The minimum Gasteiger partial charge on any atom is -0.390 e. The van der Waals surface area contributed by atoms with E-state index in [4.69, 9.17) is 4.74 Å². The van der Waals surface area contributed by atoms with Gasteiger partial charge in [-0.05, 0) is 37.3 Å². The lowest BCUT2D eigenvalue weighted by molar-refractivity contribution is 0.0666. The van der Waals surface area contributed by atoms with E-state index in [-0.39, 0.29) is 0 Å². The van der Waals surface area contributed by atoms with Crippen LogP contribution in [0.3, 0.4) is 0 Å². The number of nitrogens with one attached hydrogen (secondary N) is 1. The summed E-state index contributed by atoms with van der Waals surface area (Å²) in [4.78, 5) is 0. The van der Waals surface area contributed by atoms with Gasteiger partial charge in [-0.1, -0.05) is 18.2 Å². The van der Waals surface area contributed by atoms with Crippen LogP contribution in [0, 0.1) is 0 Å². The van der Waals surface area contributed by atoms with Crippen molar-refractivity contribution in [2.24, 2.45) is 0 Å². The molecule has 1 aromatic heterocycles. The molecule has 0 spiro atoms. The number of methoxy groups -OCH3 is 1. The second-order valence-electron chi connectivity index (χ2n) is 6.10. The molecule has 0 radical (unpaired) electrons. The molecule has 0 saturated carbocycles. The molecule has 0 atom stereocenters. The molecule has 21 heavy (non-hydrogen) atoms. The van der Waals surface area contributed by atoms with E-state index in [1.165, 1.54) is 16.5 Å². The molecule has 0 aliphatic carbocycles. The average molecular weight is 290 g/mol. The maximum Gasteiger partial charge on any atom is 0.0608 e. The minimum absolute atomic E-state index is 0.637. The first-order valence-corrected chi connectivity index (χ1v) is 7.50. The Bertz CT molecular complexity index is 570. The molecule has 116 valence electrons. The lowest BCUT2D eigenvalue weighted by Crippen LogP contribution is -2.21. The summed E-state index contributed by atoms with van der Waals surface area (Å²) in [5.41, 5.74) is 1.90. The van der Waals surface area contributed by atoms with E-state index in [1.54, 1.807) is 7.11 Å². The molecule has 0 amide bonds. The topological polar surface area (TPSA) is 46.4 Å². The van der Waals surface area contributed by atoms with Crippen molar-refractivity contribution in [1.82, 2.24) is 9.88 Å². The van der Waals surface area contributed by atoms with Crippen LogP contribution in [0.1, 0.15) is 25.8 Å². The van der Waals surface area contributed by atoms with Gasteiger partial charge < -0.3 is 19.7 Å². The van der Waals surface area contributed by atoms with Crippen molar-refractivity contribution in [3.05, 3.63) is 36.0 Å². The number of para-hydroxylation sites is 1.